The first-order valence-electron chi connectivity index (χ1n) is 7.18. The van der Waals surface area contributed by atoms with Crippen LogP contribution in [0.3, 0.4) is 0 Å². The van der Waals surface area contributed by atoms with Gasteiger partial charge in [-0.2, -0.15) is 0 Å². The molecule has 0 saturated carbocycles. The molecule has 1 amide bonds. The highest BCUT2D eigenvalue weighted by molar-refractivity contribution is 5.76. The van der Waals surface area contributed by atoms with Gasteiger partial charge in [-0.3, -0.25) is 10.1 Å². The Kier molecular flexibility index (Phi) is 4.49. The molecular formula is C16H20N2O4. The Morgan fingerprint density at radius 3 is 2.73 bits per heavy atom. The third kappa shape index (κ3) is 4.07. The topological polar surface area (TPSA) is 72.7 Å². The molecule has 6 heteroatoms. The fourth-order valence-corrected chi connectivity index (χ4v) is 2.25. The highest BCUT2D eigenvalue weighted by atomic mass is 16.6. The average molecular weight is 304 g/mol. The summed E-state index contributed by atoms with van der Waals surface area (Å²) in [7, 11) is 0. The van der Waals surface area contributed by atoms with E-state index < -0.39 is 10.5 Å². The fourth-order valence-electron chi connectivity index (χ4n) is 2.25. The first-order valence-corrected chi connectivity index (χ1v) is 7.18. The molecule has 0 unspecified atom stereocenters. The second-order valence-corrected chi connectivity index (χ2v) is 6.23. The summed E-state index contributed by atoms with van der Waals surface area (Å²) in [6.07, 6.45) is 2.36. The number of nitrogens with zero attached hydrogens (tertiary/aromatic N) is 2. The molecule has 1 aromatic rings. The lowest BCUT2D eigenvalue weighted by molar-refractivity contribution is -0.384. The van der Waals surface area contributed by atoms with E-state index >= 15 is 0 Å². The summed E-state index contributed by atoms with van der Waals surface area (Å²) < 4.78 is 5.37. The van der Waals surface area contributed by atoms with Crippen LogP contribution in [0.1, 0.15) is 32.8 Å². The van der Waals surface area contributed by atoms with Gasteiger partial charge in [0.25, 0.3) is 5.69 Å². The molecule has 0 N–H and O–H groups in total. The van der Waals surface area contributed by atoms with Crippen LogP contribution in [-0.4, -0.2) is 34.6 Å². The van der Waals surface area contributed by atoms with Crippen LogP contribution in [0.4, 0.5) is 10.5 Å². The first kappa shape index (κ1) is 16.0. The van der Waals surface area contributed by atoms with Gasteiger partial charge in [-0.05, 0) is 38.3 Å². The molecule has 22 heavy (non-hydrogen) atoms. The van der Waals surface area contributed by atoms with Crippen LogP contribution in [0.15, 0.2) is 30.3 Å². The van der Waals surface area contributed by atoms with Crippen molar-refractivity contribution in [1.29, 1.82) is 0 Å². The highest BCUT2D eigenvalue weighted by Gasteiger charge is 2.25. The average Bonchev–Trinajstić information content (AvgIpc) is 2.46. The van der Waals surface area contributed by atoms with Gasteiger partial charge in [-0.1, -0.05) is 18.2 Å². The van der Waals surface area contributed by atoms with Crippen molar-refractivity contribution >= 4 is 17.4 Å². The van der Waals surface area contributed by atoms with Crippen LogP contribution in [0.25, 0.3) is 5.57 Å². The normalized spacial score (nSPS) is 15.2. The van der Waals surface area contributed by atoms with Crippen LogP contribution in [-0.2, 0) is 4.74 Å². The summed E-state index contributed by atoms with van der Waals surface area (Å²) in [4.78, 5) is 24.2. The standard InChI is InChI=1S/C16H20N2O4/c1-16(2,3)22-15(19)17-9-5-7-13(11-17)12-6-4-8-14(10-12)18(20)21/h4,6-8,10H,5,9,11H2,1-3H3. The Labute approximate surface area is 129 Å². The lowest BCUT2D eigenvalue weighted by Crippen LogP contribution is -2.39. The van der Waals surface area contributed by atoms with E-state index in [1.54, 1.807) is 11.0 Å². The van der Waals surface area contributed by atoms with E-state index in [1.807, 2.05) is 32.9 Å². The number of amides is 1. The van der Waals surface area contributed by atoms with Gasteiger partial charge in [0.1, 0.15) is 5.60 Å². The molecule has 0 bridgehead atoms. The summed E-state index contributed by atoms with van der Waals surface area (Å²) in [5.74, 6) is 0. The number of nitro groups is 1. The van der Waals surface area contributed by atoms with E-state index in [0.29, 0.717) is 19.5 Å². The lowest BCUT2D eigenvalue weighted by atomic mass is 10.0. The molecule has 0 fully saturated rings. The van der Waals surface area contributed by atoms with E-state index in [2.05, 4.69) is 0 Å². The fraction of sp³-hybridized carbons (Fsp3) is 0.438. The molecule has 0 aromatic heterocycles. The smallest absolute Gasteiger partial charge is 0.410 e. The van der Waals surface area contributed by atoms with Crippen molar-refractivity contribution < 1.29 is 14.5 Å². The number of hydrogen-bond acceptors (Lipinski definition) is 4. The minimum absolute atomic E-state index is 0.0489. The molecule has 6 nitrogen and oxygen atoms in total. The van der Waals surface area contributed by atoms with Crippen molar-refractivity contribution in [2.24, 2.45) is 0 Å². The SMILES string of the molecule is CC(C)(C)OC(=O)N1CCC=C(c2cccc([N+](=O)[O-])c2)C1. The molecule has 1 aliphatic rings. The Hall–Kier alpha value is -2.37. The Balaban J connectivity index is 2.14. The maximum Gasteiger partial charge on any atom is 0.410 e. The van der Waals surface area contributed by atoms with Crippen molar-refractivity contribution in [2.45, 2.75) is 32.8 Å². The third-order valence-electron chi connectivity index (χ3n) is 3.23. The molecule has 0 spiro atoms. The summed E-state index contributed by atoms with van der Waals surface area (Å²) >= 11 is 0. The maximum atomic E-state index is 12.1. The van der Waals surface area contributed by atoms with E-state index in [-0.39, 0.29) is 11.8 Å². The van der Waals surface area contributed by atoms with Crippen molar-refractivity contribution in [3.63, 3.8) is 0 Å². The van der Waals surface area contributed by atoms with Crippen LogP contribution < -0.4 is 0 Å². The van der Waals surface area contributed by atoms with Gasteiger partial charge in [-0.25, -0.2) is 4.79 Å². The lowest BCUT2D eigenvalue weighted by Gasteiger charge is -2.30. The summed E-state index contributed by atoms with van der Waals surface area (Å²) in [6.45, 7) is 6.47. The van der Waals surface area contributed by atoms with Gasteiger partial charge in [0, 0.05) is 25.2 Å². The van der Waals surface area contributed by atoms with E-state index in [9.17, 15) is 14.9 Å². The van der Waals surface area contributed by atoms with Gasteiger partial charge in [-0.15, -0.1) is 0 Å². The molecule has 0 radical (unpaired) electrons. The molecule has 1 aromatic carbocycles. The zero-order chi connectivity index (χ0) is 16.3. The molecule has 0 saturated heterocycles. The van der Waals surface area contributed by atoms with E-state index in [1.165, 1.54) is 12.1 Å². The van der Waals surface area contributed by atoms with Gasteiger partial charge in [0.05, 0.1) is 4.92 Å². The van der Waals surface area contributed by atoms with Crippen molar-refractivity contribution in [3.05, 3.63) is 46.0 Å². The number of non-ortho nitro benzene ring substituents is 1. The summed E-state index contributed by atoms with van der Waals surface area (Å²) in [6, 6.07) is 6.46. The van der Waals surface area contributed by atoms with Gasteiger partial charge in [0.2, 0.25) is 0 Å². The molecule has 0 atom stereocenters. The second-order valence-electron chi connectivity index (χ2n) is 6.23. The number of rotatable bonds is 2. The van der Waals surface area contributed by atoms with Crippen molar-refractivity contribution in [1.82, 2.24) is 4.90 Å². The number of carbonyl (C=O) groups excluding carboxylic acids is 1. The Bertz CT molecular complexity index is 617. The third-order valence-corrected chi connectivity index (χ3v) is 3.23. The first-order chi connectivity index (χ1) is 10.3. The predicted molar refractivity (Wildman–Crippen MR) is 83.5 cm³/mol. The van der Waals surface area contributed by atoms with E-state index in [4.69, 9.17) is 4.74 Å². The van der Waals surface area contributed by atoms with Crippen LogP contribution in [0.2, 0.25) is 0 Å². The van der Waals surface area contributed by atoms with Crippen molar-refractivity contribution in [3.8, 4) is 0 Å². The number of nitro benzene ring substituents is 1. The highest BCUT2D eigenvalue weighted by Crippen LogP contribution is 2.25. The number of carbonyl (C=O) groups is 1. The zero-order valence-electron chi connectivity index (χ0n) is 13.0. The van der Waals surface area contributed by atoms with Crippen LogP contribution in [0, 0.1) is 10.1 Å². The molecule has 118 valence electrons. The molecule has 1 heterocycles. The second kappa shape index (κ2) is 6.17. The maximum absolute atomic E-state index is 12.1. The molecule has 2 rings (SSSR count). The van der Waals surface area contributed by atoms with Gasteiger partial charge in [0.15, 0.2) is 0 Å². The van der Waals surface area contributed by atoms with Gasteiger partial charge < -0.3 is 9.64 Å². The Morgan fingerprint density at radius 2 is 2.09 bits per heavy atom. The minimum atomic E-state index is -0.538. The van der Waals surface area contributed by atoms with Crippen molar-refractivity contribution in [2.75, 3.05) is 13.1 Å². The number of benzene rings is 1. The largest absolute Gasteiger partial charge is 0.444 e. The molecule has 0 aliphatic carbocycles. The van der Waals surface area contributed by atoms with Crippen LogP contribution in [0.5, 0.6) is 0 Å². The quantitative estimate of drug-likeness (QED) is 0.618. The van der Waals surface area contributed by atoms with Crippen LogP contribution >= 0.6 is 0 Å². The predicted octanol–water partition coefficient (Wildman–Crippen LogP) is 3.62. The number of hydrogen-bond donors (Lipinski definition) is 0. The molecule has 1 aliphatic heterocycles. The summed E-state index contributed by atoms with van der Waals surface area (Å²) in [5.41, 5.74) is 1.18. The summed E-state index contributed by atoms with van der Waals surface area (Å²) in [5, 5.41) is 10.9. The number of ether oxygens (including phenoxy) is 1. The zero-order valence-corrected chi connectivity index (χ0v) is 13.0. The van der Waals surface area contributed by atoms with Gasteiger partial charge >= 0.3 is 6.09 Å². The molecular weight excluding hydrogens is 284 g/mol. The van der Waals surface area contributed by atoms with E-state index in [0.717, 1.165) is 11.1 Å². The minimum Gasteiger partial charge on any atom is -0.444 e. The Morgan fingerprint density at radius 1 is 1.36 bits per heavy atom. The monoisotopic (exact) mass is 304 g/mol.